The van der Waals surface area contributed by atoms with Crippen molar-refractivity contribution in [2.75, 3.05) is 25.2 Å². The first-order valence-corrected chi connectivity index (χ1v) is 9.91. The first-order chi connectivity index (χ1) is 9.51. The molecular formula is C13H22N2O4S2. The molecule has 0 aliphatic rings. The van der Waals surface area contributed by atoms with Gasteiger partial charge in [-0.1, -0.05) is 0 Å². The van der Waals surface area contributed by atoms with Crippen LogP contribution in [0.3, 0.4) is 0 Å². The SMILES string of the molecule is CCNc1ccc(S(C)(=O)=O)cc1S(=O)(=O)N(C)C(C)C. The average Bonchev–Trinajstić information content (AvgIpc) is 2.37. The van der Waals surface area contributed by atoms with E-state index in [4.69, 9.17) is 0 Å². The van der Waals surface area contributed by atoms with E-state index in [9.17, 15) is 16.8 Å². The zero-order valence-electron chi connectivity index (χ0n) is 12.9. The van der Waals surface area contributed by atoms with Gasteiger partial charge < -0.3 is 5.32 Å². The van der Waals surface area contributed by atoms with Crippen molar-refractivity contribution >= 4 is 25.5 Å². The van der Waals surface area contributed by atoms with Crippen LogP contribution in [0.15, 0.2) is 28.0 Å². The van der Waals surface area contributed by atoms with E-state index in [0.29, 0.717) is 12.2 Å². The predicted molar refractivity (Wildman–Crippen MR) is 83.8 cm³/mol. The summed E-state index contributed by atoms with van der Waals surface area (Å²) in [5.41, 5.74) is 0.400. The second kappa shape index (κ2) is 6.33. The molecule has 0 fully saturated rings. The number of sulfone groups is 1. The molecule has 0 heterocycles. The summed E-state index contributed by atoms with van der Waals surface area (Å²) in [5.74, 6) is 0. The van der Waals surface area contributed by atoms with Gasteiger partial charge in [0.1, 0.15) is 4.90 Å². The van der Waals surface area contributed by atoms with Gasteiger partial charge in [-0.25, -0.2) is 16.8 Å². The highest BCUT2D eigenvalue weighted by Gasteiger charge is 2.27. The van der Waals surface area contributed by atoms with Crippen LogP contribution in [0.5, 0.6) is 0 Å². The molecule has 0 atom stereocenters. The van der Waals surface area contributed by atoms with Crippen molar-refractivity contribution in [3.63, 3.8) is 0 Å². The second-order valence-electron chi connectivity index (χ2n) is 5.08. The maximum Gasteiger partial charge on any atom is 0.245 e. The van der Waals surface area contributed by atoms with Crippen LogP contribution >= 0.6 is 0 Å². The Bertz CT molecular complexity index is 710. The van der Waals surface area contributed by atoms with Crippen molar-refractivity contribution in [3.8, 4) is 0 Å². The fraction of sp³-hybridized carbons (Fsp3) is 0.538. The predicted octanol–water partition coefficient (Wildman–Crippen LogP) is 1.55. The number of hydrogen-bond donors (Lipinski definition) is 1. The highest BCUT2D eigenvalue weighted by Crippen LogP contribution is 2.28. The summed E-state index contributed by atoms with van der Waals surface area (Å²) in [6, 6.07) is 3.87. The number of benzene rings is 1. The van der Waals surface area contributed by atoms with Gasteiger partial charge in [0.25, 0.3) is 0 Å². The van der Waals surface area contributed by atoms with Gasteiger partial charge in [0.2, 0.25) is 10.0 Å². The number of rotatable bonds is 6. The molecule has 8 heteroatoms. The van der Waals surface area contributed by atoms with E-state index >= 15 is 0 Å². The summed E-state index contributed by atoms with van der Waals surface area (Å²) in [6.07, 6.45) is 1.05. The quantitative estimate of drug-likeness (QED) is 0.853. The topological polar surface area (TPSA) is 83.5 Å². The Morgan fingerprint density at radius 1 is 1.19 bits per heavy atom. The lowest BCUT2D eigenvalue weighted by atomic mass is 10.3. The van der Waals surface area contributed by atoms with Crippen LogP contribution in [0, 0.1) is 0 Å². The van der Waals surface area contributed by atoms with Gasteiger partial charge in [-0.05, 0) is 39.0 Å². The minimum absolute atomic E-state index is 0.0140. The molecule has 1 N–H and O–H groups in total. The molecule has 1 aromatic carbocycles. The third-order valence-electron chi connectivity index (χ3n) is 3.13. The second-order valence-corrected chi connectivity index (χ2v) is 9.06. The lowest BCUT2D eigenvalue weighted by molar-refractivity contribution is 0.410. The first-order valence-electron chi connectivity index (χ1n) is 6.57. The molecule has 0 radical (unpaired) electrons. The molecule has 1 rings (SSSR count). The maximum atomic E-state index is 12.6. The van der Waals surface area contributed by atoms with E-state index in [0.717, 1.165) is 6.26 Å². The molecule has 0 unspecified atom stereocenters. The van der Waals surface area contributed by atoms with Gasteiger partial charge in [0.15, 0.2) is 9.84 Å². The lowest BCUT2D eigenvalue weighted by Gasteiger charge is -2.23. The summed E-state index contributed by atoms with van der Waals surface area (Å²) >= 11 is 0. The van der Waals surface area contributed by atoms with Crippen molar-refractivity contribution < 1.29 is 16.8 Å². The molecule has 120 valence electrons. The summed E-state index contributed by atoms with van der Waals surface area (Å²) in [5, 5.41) is 2.95. The smallest absolute Gasteiger partial charge is 0.245 e. The van der Waals surface area contributed by atoms with Crippen LogP contribution < -0.4 is 5.32 Å². The van der Waals surface area contributed by atoms with Crippen LogP contribution in [-0.4, -0.2) is 47.0 Å². The highest BCUT2D eigenvalue weighted by molar-refractivity contribution is 7.91. The Kier molecular flexibility index (Phi) is 5.40. The van der Waals surface area contributed by atoms with Crippen molar-refractivity contribution in [1.29, 1.82) is 0 Å². The molecule has 21 heavy (non-hydrogen) atoms. The average molecular weight is 334 g/mol. The highest BCUT2D eigenvalue weighted by atomic mass is 32.2. The Morgan fingerprint density at radius 2 is 1.76 bits per heavy atom. The van der Waals surface area contributed by atoms with Crippen LogP contribution in [0.1, 0.15) is 20.8 Å². The van der Waals surface area contributed by atoms with E-state index in [1.807, 2.05) is 6.92 Å². The Balaban J connectivity index is 3.57. The van der Waals surface area contributed by atoms with Gasteiger partial charge in [-0.2, -0.15) is 4.31 Å². The zero-order valence-corrected chi connectivity index (χ0v) is 14.5. The van der Waals surface area contributed by atoms with Gasteiger partial charge in [0.05, 0.1) is 10.6 Å². The van der Waals surface area contributed by atoms with E-state index in [1.54, 1.807) is 13.8 Å². The van der Waals surface area contributed by atoms with Gasteiger partial charge in [0, 0.05) is 25.9 Å². The molecule has 0 spiro atoms. The fourth-order valence-electron chi connectivity index (χ4n) is 1.72. The minimum atomic E-state index is -3.77. The Hall–Kier alpha value is -1.12. The van der Waals surface area contributed by atoms with Crippen molar-refractivity contribution in [3.05, 3.63) is 18.2 Å². The Labute approximate surface area is 127 Å². The van der Waals surface area contributed by atoms with E-state index in [1.165, 1.54) is 29.6 Å². The van der Waals surface area contributed by atoms with Crippen LogP contribution in [0.4, 0.5) is 5.69 Å². The molecule has 0 aliphatic carbocycles. The van der Waals surface area contributed by atoms with Crippen LogP contribution in [0.2, 0.25) is 0 Å². The van der Waals surface area contributed by atoms with Gasteiger partial charge in [-0.3, -0.25) is 0 Å². The standard InChI is InChI=1S/C13H22N2O4S2/c1-6-14-12-8-7-11(20(5,16)17)9-13(12)21(18,19)15(4)10(2)3/h7-10,14H,6H2,1-5H3. The van der Waals surface area contributed by atoms with E-state index in [2.05, 4.69) is 5.32 Å². The van der Waals surface area contributed by atoms with Gasteiger partial charge >= 0.3 is 0 Å². The van der Waals surface area contributed by atoms with E-state index < -0.39 is 19.9 Å². The number of nitrogens with zero attached hydrogens (tertiary/aromatic N) is 1. The molecule has 0 bridgehead atoms. The largest absolute Gasteiger partial charge is 0.384 e. The number of sulfonamides is 1. The molecular weight excluding hydrogens is 312 g/mol. The maximum absolute atomic E-state index is 12.6. The van der Waals surface area contributed by atoms with Crippen LogP contribution in [-0.2, 0) is 19.9 Å². The monoisotopic (exact) mass is 334 g/mol. The number of anilines is 1. The third-order valence-corrected chi connectivity index (χ3v) is 6.32. The third kappa shape index (κ3) is 3.96. The van der Waals surface area contributed by atoms with Crippen LogP contribution in [0.25, 0.3) is 0 Å². The van der Waals surface area contributed by atoms with Crippen molar-refractivity contribution in [2.24, 2.45) is 0 Å². The first kappa shape index (κ1) is 17.9. The van der Waals surface area contributed by atoms with Crippen molar-refractivity contribution in [1.82, 2.24) is 4.31 Å². The van der Waals surface area contributed by atoms with Crippen molar-refractivity contribution in [2.45, 2.75) is 36.6 Å². The summed E-state index contributed by atoms with van der Waals surface area (Å²) in [6.45, 7) is 5.88. The normalized spacial score (nSPS) is 12.9. The summed E-state index contributed by atoms with van der Waals surface area (Å²) in [7, 11) is -5.77. The molecule has 0 aromatic heterocycles. The molecule has 1 aromatic rings. The lowest BCUT2D eigenvalue weighted by Crippen LogP contribution is -2.33. The van der Waals surface area contributed by atoms with E-state index in [-0.39, 0.29) is 15.8 Å². The van der Waals surface area contributed by atoms with Gasteiger partial charge in [-0.15, -0.1) is 0 Å². The number of nitrogens with one attached hydrogen (secondary N) is 1. The molecule has 0 aliphatic heterocycles. The fourth-order valence-corrected chi connectivity index (χ4v) is 4.00. The number of hydrogen-bond acceptors (Lipinski definition) is 5. The summed E-state index contributed by atoms with van der Waals surface area (Å²) < 4.78 is 49.8. The minimum Gasteiger partial charge on any atom is -0.384 e. The molecule has 0 saturated carbocycles. The Morgan fingerprint density at radius 3 is 2.19 bits per heavy atom. The molecule has 0 amide bonds. The molecule has 0 saturated heterocycles. The molecule has 6 nitrogen and oxygen atoms in total. The summed E-state index contributed by atoms with van der Waals surface area (Å²) in [4.78, 5) is -0.0386. The zero-order chi connectivity index (χ0) is 16.4.